The van der Waals surface area contributed by atoms with Crippen LogP contribution in [-0.2, 0) is 13.6 Å². The van der Waals surface area contributed by atoms with E-state index in [1.54, 1.807) is 36.1 Å². The van der Waals surface area contributed by atoms with Gasteiger partial charge in [-0.15, -0.1) is 0 Å². The lowest BCUT2D eigenvalue weighted by atomic mass is 10.1. The number of amides is 1. The van der Waals surface area contributed by atoms with Crippen molar-refractivity contribution in [3.8, 4) is 11.1 Å². The molecule has 27 heavy (non-hydrogen) atoms. The third-order valence-electron chi connectivity index (χ3n) is 4.28. The molecule has 10 heteroatoms. The first-order chi connectivity index (χ1) is 12.8. The predicted octanol–water partition coefficient (Wildman–Crippen LogP) is 3.06. The number of fused-ring (bicyclic) bond motifs is 1. The van der Waals surface area contributed by atoms with E-state index in [-0.39, 0.29) is 5.69 Å². The molecule has 4 rings (SSSR count). The van der Waals surface area contributed by atoms with Crippen LogP contribution in [0.25, 0.3) is 11.1 Å². The van der Waals surface area contributed by atoms with Gasteiger partial charge in [-0.3, -0.25) is 9.48 Å². The average Bonchev–Trinajstić information content (AvgIpc) is 3.18. The molecule has 0 aliphatic carbocycles. The van der Waals surface area contributed by atoms with E-state index in [1.165, 1.54) is 17.0 Å². The van der Waals surface area contributed by atoms with Crippen LogP contribution in [0.3, 0.4) is 0 Å². The number of nitrogens with zero attached hydrogens (tertiary/aromatic N) is 4. The summed E-state index contributed by atoms with van der Waals surface area (Å²) in [4.78, 5) is 16.3. The Morgan fingerprint density at radius 1 is 1.37 bits per heavy atom. The van der Waals surface area contributed by atoms with E-state index in [0.717, 1.165) is 5.82 Å². The zero-order chi connectivity index (χ0) is 19.2. The van der Waals surface area contributed by atoms with E-state index in [0.29, 0.717) is 22.0 Å². The molecule has 0 unspecified atom stereocenters. The lowest BCUT2D eigenvalue weighted by Gasteiger charge is -2.13. The Balaban J connectivity index is 1.72. The van der Waals surface area contributed by atoms with Crippen LogP contribution in [0.15, 0.2) is 36.8 Å². The van der Waals surface area contributed by atoms with Crippen molar-refractivity contribution >= 4 is 29.1 Å². The van der Waals surface area contributed by atoms with Crippen molar-refractivity contribution in [1.82, 2.24) is 24.6 Å². The van der Waals surface area contributed by atoms with Crippen LogP contribution in [0, 0.1) is 0 Å². The van der Waals surface area contributed by atoms with Crippen molar-refractivity contribution in [2.24, 2.45) is 7.05 Å². The van der Waals surface area contributed by atoms with Crippen molar-refractivity contribution in [1.29, 1.82) is 0 Å². The van der Waals surface area contributed by atoms with Gasteiger partial charge in [-0.2, -0.15) is 5.10 Å². The summed E-state index contributed by atoms with van der Waals surface area (Å²) in [5, 5.41) is 9.76. The van der Waals surface area contributed by atoms with E-state index < -0.39 is 24.9 Å². The molecule has 1 aliphatic rings. The normalized spacial score (nSPS) is 15.8. The van der Waals surface area contributed by atoms with Gasteiger partial charge < -0.3 is 15.2 Å². The van der Waals surface area contributed by atoms with Crippen LogP contribution in [0.1, 0.15) is 10.5 Å². The number of pyridine rings is 1. The fourth-order valence-electron chi connectivity index (χ4n) is 2.94. The van der Waals surface area contributed by atoms with Gasteiger partial charge in [0.15, 0.2) is 0 Å². The maximum Gasteiger partial charge on any atom is 0.282 e. The van der Waals surface area contributed by atoms with E-state index in [2.05, 4.69) is 20.7 Å². The highest BCUT2D eigenvalue weighted by atomic mass is 35.5. The summed E-state index contributed by atoms with van der Waals surface area (Å²) in [5.41, 5.74) is 1.29. The molecule has 140 valence electrons. The number of carbonyl (C=O) groups is 1. The lowest BCUT2D eigenvalue weighted by Crippen LogP contribution is -2.35. The summed E-state index contributed by atoms with van der Waals surface area (Å²) >= 11 is 6.27. The maximum atomic E-state index is 13.8. The maximum absolute atomic E-state index is 13.8. The smallest absolute Gasteiger partial charge is 0.282 e. The van der Waals surface area contributed by atoms with Gasteiger partial charge in [0.25, 0.3) is 11.8 Å². The van der Waals surface area contributed by atoms with Crippen LogP contribution < -0.4 is 10.6 Å². The molecule has 0 spiro atoms. The van der Waals surface area contributed by atoms with E-state index in [4.69, 9.17) is 11.6 Å². The average molecular weight is 393 g/mol. The largest absolute Gasteiger partial charge is 0.345 e. The van der Waals surface area contributed by atoms with Gasteiger partial charge in [-0.25, -0.2) is 13.8 Å². The summed E-state index contributed by atoms with van der Waals surface area (Å²) in [5.74, 6) is -2.33. The van der Waals surface area contributed by atoms with E-state index in [9.17, 15) is 13.6 Å². The van der Waals surface area contributed by atoms with Gasteiger partial charge in [0, 0.05) is 36.6 Å². The number of nitrogens with one attached hydrogen (secondary N) is 2. The molecule has 0 atom stereocenters. The minimum absolute atomic E-state index is 0.163. The van der Waals surface area contributed by atoms with Crippen molar-refractivity contribution in [2.45, 2.75) is 12.5 Å². The molecule has 7 nitrogen and oxygen atoms in total. The number of alkyl halides is 2. The summed E-state index contributed by atoms with van der Waals surface area (Å²) in [6.07, 6.45) is 4.61. The highest BCUT2D eigenvalue weighted by Crippen LogP contribution is 2.33. The van der Waals surface area contributed by atoms with Crippen LogP contribution in [0.4, 0.5) is 20.4 Å². The highest BCUT2D eigenvalue weighted by molar-refractivity contribution is 6.33. The third-order valence-corrected chi connectivity index (χ3v) is 4.58. The Morgan fingerprint density at radius 3 is 2.93 bits per heavy atom. The molecule has 1 aliphatic heterocycles. The number of carbonyl (C=O) groups excluding carboxylic acids is 1. The molecule has 0 bridgehead atoms. The predicted molar refractivity (Wildman–Crippen MR) is 96.4 cm³/mol. The summed E-state index contributed by atoms with van der Waals surface area (Å²) < 4.78 is 30.6. The van der Waals surface area contributed by atoms with Crippen molar-refractivity contribution in [3.63, 3.8) is 0 Å². The SMILES string of the molecule is Cn1nccc1Nc1cc(-c2cc3n(c2)CC(F)(F)CNC3=O)c(Cl)cn1. The number of hydrogen-bond acceptors (Lipinski definition) is 4. The fraction of sp³-hybridized carbons (Fsp3) is 0.235. The van der Waals surface area contributed by atoms with Crippen molar-refractivity contribution < 1.29 is 13.6 Å². The standard InChI is InChI=1S/C17H15ClF2N6O/c1-25-15(2-3-23-25)24-14-5-11(12(18)6-21-14)10-4-13-16(27)22-8-17(19,20)9-26(13)7-10/h2-7H,8-9H2,1H3,(H,21,24)(H,22,27). The van der Waals surface area contributed by atoms with Gasteiger partial charge in [0.2, 0.25) is 0 Å². The first-order valence-electron chi connectivity index (χ1n) is 8.09. The molecule has 3 aromatic rings. The number of hydrogen-bond donors (Lipinski definition) is 2. The zero-order valence-corrected chi connectivity index (χ0v) is 15.0. The second kappa shape index (κ2) is 6.34. The second-order valence-electron chi connectivity index (χ2n) is 6.29. The van der Waals surface area contributed by atoms with Crippen LogP contribution in [-0.4, -0.2) is 37.7 Å². The summed E-state index contributed by atoms with van der Waals surface area (Å²) in [7, 11) is 1.78. The second-order valence-corrected chi connectivity index (χ2v) is 6.70. The first kappa shape index (κ1) is 17.5. The molecule has 1 amide bonds. The van der Waals surface area contributed by atoms with Gasteiger partial charge in [-0.05, 0) is 12.1 Å². The molecule has 0 saturated heterocycles. The third kappa shape index (κ3) is 3.37. The quantitative estimate of drug-likeness (QED) is 0.718. The molecule has 0 aromatic carbocycles. The minimum Gasteiger partial charge on any atom is -0.345 e. The van der Waals surface area contributed by atoms with Crippen molar-refractivity contribution in [3.05, 3.63) is 47.5 Å². The Kier molecular flexibility index (Phi) is 4.11. The molecule has 0 saturated carbocycles. The number of rotatable bonds is 3. The monoisotopic (exact) mass is 392 g/mol. The minimum atomic E-state index is -3.02. The van der Waals surface area contributed by atoms with Crippen LogP contribution in [0.2, 0.25) is 5.02 Å². The Labute approximate surface area is 158 Å². The number of aryl methyl sites for hydroxylation is 1. The molecular formula is C17H15ClF2N6O. The fourth-order valence-corrected chi connectivity index (χ4v) is 3.15. The van der Waals surface area contributed by atoms with Crippen LogP contribution in [0.5, 0.6) is 0 Å². The highest BCUT2D eigenvalue weighted by Gasteiger charge is 2.35. The van der Waals surface area contributed by atoms with Gasteiger partial charge >= 0.3 is 0 Å². The molecular weight excluding hydrogens is 378 g/mol. The van der Waals surface area contributed by atoms with Crippen LogP contribution >= 0.6 is 11.6 Å². The summed E-state index contributed by atoms with van der Waals surface area (Å²) in [6.45, 7) is -1.26. The topological polar surface area (TPSA) is 76.8 Å². The van der Waals surface area contributed by atoms with Gasteiger partial charge in [0.1, 0.15) is 17.3 Å². The van der Waals surface area contributed by atoms with Crippen molar-refractivity contribution in [2.75, 3.05) is 11.9 Å². The Bertz CT molecular complexity index is 1030. The molecule has 0 radical (unpaired) electrons. The van der Waals surface area contributed by atoms with E-state index in [1.807, 2.05) is 0 Å². The number of aromatic nitrogens is 4. The lowest BCUT2D eigenvalue weighted by molar-refractivity contribution is -0.0101. The van der Waals surface area contributed by atoms with E-state index >= 15 is 0 Å². The van der Waals surface area contributed by atoms with Gasteiger partial charge in [0.05, 0.1) is 24.3 Å². The molecule has 0 fully saturated rings. The number of anilines is 2. The Morgan fingerprint density at radius 2 is 2.19 bits per heavy atom. The zero-order valence-electron chi connectivity index (χ0n) is 14.2. The number of halogens is 3. The van der Waals surface area contributed by atoms with Gasteiger partial charge in [-0.1, -0.05) is 11.6 Å². The molecule has 3 aromatic heterocycles. The first-order valence-corrected chi connectivity index (χ1v) is 8.47. The molecule has 2 N–H and O–H groups in total. The Hall–Kier alpha value is -2.94. The molecule has 4 heterocycles. The summed E-state index contributed by atoms with van der Waals surface area (Å²) in [6, 6.07) is 5.02.